The van der Waals surface area contributed by atoms with E-state index in [0.717, 1.165) is 25.7 Å². The van der Waals surface area contributed by atoms with Crippen molar-refractivity contribution in [2.24, 2.45) is 0 Å². The third kappa shape index (κ3) is 2.61. The molecule has 0 fully saturated rings. The summed E-state index contributed by atoms with van der Waals surface area (Å²) in [5, 5.41) is 9.16. The lowest BCUT2D eigenvalue weighted by atomic mass is 10.1. The topological polar surface area (TPSA) is 75.1 Å². The van der Waals surface area contributed by atoms with Gasteiger partial charge in [-0.25, -0.2) is 9.59 Å². The zero-order chi connectivity index (χ0) is 14.7. The molecular weight excluding hydrogens is 256 g/mol. The molecule has 2 N–H and O–H groups in total. The standard InChI is InChI=1S/C15H20N2O3/c1-3-4-5-7-10(2)17-12-9-6-8-11(14(18)19)13(12)16-15(17)20/h6,8-10H,3-5,7H2,1-2H3,(H,16,20)(H,18,19). The molecule has 1 aromatic carbocycles. The minimum absolute atomic E-state index is 0.0619. The van der Waals surface area contributed by atoms with Gasteiger partial charge in [0.15, 0.2) is 0 Å². The smallest absolute Gasteiger partial charge is 0.337 e. The fourth-order valence-electron chi connectivity index (χ4n) is 2.58. The van der Waals surface area contributed by atoms with Crippen molar-refractivity contribution in [1.82, 2.24) is 9.55 Å². The van der Waals surface area contributed by atoms with E-state index in [2.05, 4.69) is 11.9 Å². The number of carboxylic acid groups (broad SMARTS) is 1. The quantitative estimate of drug-likeness (QED) is 0.796. The van der Waals surface area contributed by atoms with Crippen LogP contribution in [0.2, 0.25) is 0 Å². The van der Waals surface area contributed by atoms with E-state index in [1.807, 2.05) is 6.92 Å². The molecular formula is C15H20N2O3. The lowest BCUT2D eigenvalue weighted by Gasteiger charge is -2.13. The molecule has 0 radical (unpaired) electrons. The van der Waals surface area contributed by atoms with Crippen molar-refractivity contribution in [3.63, 3.8) is 0 Å². The third-order valence-electron chi connectivity index (χ3n) is 3.65. The number of fused-ring (bicyclic) bond motifs is 1. The van der Waals surface area contributed by atoms with Crippen LogP contribution in [0.25, 0.3) is 11.0 Å². The van der Waals surface area contributed by atoms with Crippen LogP contribution in [0.15, 0.2) is 23.0 Å². The zero-order valence-corrected chi connectivity index (χ0v) is 11.8. The number of benzene rings is 1. The average molecular weight is 276 g/mol. The molecule has 5 nitrogen and oxygen atoms in total. The molecule has 0 spiro atoms. The third-order valence-corrected chi connectivity index (χ3v) is 3.65. The van der Waals surface area contributed by atoms with Gasteiger partial charge in [0.05, 0.1) is 16.6 Å². The van der Waals surface area contributed by atoms with Gasteiger partial charge in [0, 0.05) is 6.04 Å². The van der Waals surface area contributed by atoms with Crippen molar-refractivity contribution >= 4 is 17.0 Å². The van der Waals surface area contributed by atoms with E-state index in [-0.39, 0.29) is 17.3 Å². The van der Waals surface area contributed by atoms with E-state index in [0.29, 0.717) is 11.0 Å². The Morgan fingerprint density at radius 1 is 1.40 bits per heavy atom. The molecule has 0 saturated heterocycles. The van der Waals surface area contributed by atoms with Gasteiger partial charge in [-0.3, -0.25) is 4.57 Å². The highest BCUT2D eigenvalue weighted by Gasteiger charge is 2.17. The number of hydrogen-bond acceptors (Lipinski definition) is 2. The number of nitrogens with one attached hydrogen (secondary N) is 1. The normalized spacial score (nSPS) is 12.7. The summed E-state index contributed by atoms with van der Waals surface area (Å²) >= 11 is 0. The lowest BCUT2D eigenvalue weighted by molar-refractivity contribution is 0.0699. The molecule has 0 aliphatic heterocycles. The van der Waals surface area contributed by atoms with Crippen molar-refractivity contribution in [2.45, 2.75) is 45.6 Å². The Balaban J connectivity index is 2.44. The van der Waals surface area contributed by atoms with Gasteiger partial charge in [-0.1, -0.05) is 32.3 Å². The zero-order valence-electron chi connectivity index (χ0n) is 11.8. The van der Waals surface area contributed by atoms with Crippen LogP contribution in [0.5, 0.6) is 0 Å². The number of nitrogens with zero attached hydrogens (tertiary/aromatic N) is 1. The molecule has 0 aliphatic carbocycles. The van der Waals surface area contributed by atoms with Crippen LogP contribution in [0, 0.1) is 0 Å². The highest BCUT2D eigenvalue weighted by atomic mass is 16.4. The molecule has 1 heterocycles. The SMILES string of the molecule is CCCCCC(C)n1c(=O)[nH]c2c(C(=O)O)cccc21. The summed E-state index contributed by atoms with van der Waals surface area (Å²) in [6.45, 7) is 4.14. The van der Waals surface area contributed by atoms with Crippen LogP contribution < -0.4 is 5.69 Å². The van der Waals surface area contributed by atoms with Crippen LogP contribution in [0.1, 0.15) is 55.9 Å². The number of H-pyrrole nitrogens is 1. The predicted molar refractivity (Wildman–Crippen MR) is 78.4 cm³/mol. The van der Waals surface area contributed by atoms with Crippen LogP contribution in [-0.2, 0) is 0 Å². The van der Waals surface area contributed by atoms with E-state index in [1.165, 1.54) is 6.07 Å². The molecule has 0 bridgehead atoms. The Morgan fingerprint density at radius 3 is 2.80 bits per heavy atom. The second kappa shape index (κ2) is 5.94. The summed E-state index contributed by atoms with van der Waals surface area (Å²) in [5.74, 6) is -1.03. The molecule has 1 aromatic heterocycles. The van der Waals surface area contributed by atoms with E-state index >= 15 is 0 Å². The van der Waals surface area contributed by atoms with E-state index in [9.17, 15) is 9.59 Å². The number of aromatic nitrogens is 2. The Kier molecular flexibility index (Phi) is 4.27. The number of hydrogen-bond donors (Lipinski definition) is 2. The Morgan fingerprint density at radius 2 is 2.15 bits per heavy atom. The van der Waals surface area contributed by atoms with Crippen molar-refractivity contribution in [3.8, 4) is 0 Å². The Labute approximate surface area is 117 Å². The average Bonchev–Trinajstić information content (AvgIpc) is 2.74. The first-order valence-electron chi connectivity index (χ1n) is 7.02. The van der Waals surface area contributed by atoms with Crippen molar-refractivity contribution in [1.29, 1.82) is 0 Å². The van der Waals surface area contributed by atoms with Gasteiger partial charge in [-0.15, -0.1) is 0 Å². The highest BCUT2D eigenvalue weighted by Crippen LogP contribution is 2.21. The molecule has 20 heavy (non-hydrogen) atoms. The number of para-hydroxylation sites is 1. The van der Waals surface area contributed by atoms with Gasteiger partial charge in [-0.05, 0) is 25.5 Å². The Hall–Kier alpha value is -2.04. The molecule has 1 atom stereocenters. The van der Waals surface area contributed by atoms with Gasteiger partial charge < -0.3 is 10.1 Å². The summed E-state index contributed by atoms with van der Waals surface area (Å²) in [6.07, 6.45) is 4.26. The van der Waals surface area contributed by atoms with Crippen LogP contribution in [-0.4, -0.2) is 20.6 Å². The van der Waals surface area contributed by atoms with Crippen molar-refractivity contribution < 1.29 is 9.90 Å². The first kappa shape index (κ1) is 14.4. The maximum atomic E-state index is 12.1. The van der Waals surface area contributed by atoms with Crippen molar-refractivity contribution in [3.05, 3.63) is 34.2 Å². The molecule has 0 amide bonds. The van der Waals surface area contributed by atoms with Gasteiger partial charge in [0.2, 0.25) is 0 Å². The van der Waals surface area contributed by atoms with Crippen LogP contribution >= 0.6 is 0 Å². The molecule has 2 aromatic rings. The summed E-state index contributed by atoms with van der Waals surface area (Å²) < 4.78 is 1.66. The largest absolute Gasteiger partial charge is 0.478 e. The number of aromatic carboxylic acids is 1. The fraction of sp³-hybridized carbons (Fsp3) is 0.467. The first-order valence-corrected chi connectivity index (χ1v) is 7.02. The summed E-state index contributed by atoms with van der Waals surface area (Å²) in [4.78, 5) is 26.0. The predicted octanol–water partition coefficient (Wildman–Crippen LogP) is 3.17. The van der Waals surface area contributed by atoms with Gasteiger partial charge in [0.25, 0.3) is 0 Å². The number of carboxylic acids is 1. The molecule has 2 rings (SSSR count). The van der Waals surface area contributed by atoms with Gasteiger partial charge >= 0.3 is 11.7 Å². The summed E-state index contributed by atoms with van der Waals surface area (Å²) in [5.41, 5.74) is 0.975. The minimum Gasteiger partial charge on any atom is -0.478 e. The highest BCUT2D eigenvalue weighted by molar-refractivity contribution is 6.00. The molecule has 1 unspecified atom stereocenters. The number of rotatable bonds is 6. The Bertz CT molecular complexity index is 669. The molecule has 0 saturated carbocycles. The number of unbranched alkanes of at least 4 members (excludes halogenated alkanes) is 2. The maximum absolute atomic E-state index is 12.1. The van der Waals surface area contributed by atoms with Crippen LogP contribution in [0.4, 0.5) is 0 Å². The molecule has 0 aliphatic rings. The maximum Gasteiger partial charge on any atom is 0.337 e. The molecule has 108 valence electrons. The van der Waals surface area contributed by atoms with Gasteiger partial charge in [0.1, 0.15) is 0 Å². The monoisotopic (exact) mass is 276 g/mol. The van der Waals surface area contributed by atoms with E-state index < -0.39 is 5.97 Å². The van der Waals surface area contributed by atoms with E-state index in [1.54, 1.807) is 16.7 Å². The number of imidazole rings is 1. The summed E-state index contributed by atoms with van der Waals surface area (Å²) in [6, 6.07) is 5.03. The number of aromatic amines is 1. The second-order valence-corrected chi connectivity index (χ2v) is 5.15. The van der Waals surface area contributed by atoms with Crippen molar-refractivity contribution in [2.75, 3.05) is 0 Å². The fourth-order valence-corrected chi connectivity index (χ4v) is 2.58. The summed E-state index contributed by atoms with van der Waals surface area (Å²) in [7, 11) is 0. The minimum atomic E-state index is -1.03. The van der Waals surface area contributed by atoms with Gasteiger partial charge in [-0.2, -0.15) is 0 Å². The second-order valence-electron chi connectivity index (χ2n) is 5.15. The molecule has 5 heteroatoms. The first-order chi connectivity index (χ1) is 9.56. The lowest BCUT2D eigenvalue weighted by Crippen LogP contribution is -2.20. The van der Waals surface area contributed by atoms with E-state index in [4.69, 9.17) is 5.11 Å². The van der Waals surface area contributed by atoms with Crippen LogP contribution in [0.3, 0.4) is 0 Å². The number of carbonyl (C=O) groups is 1.